The molecule has 3 rings (SSSR count). The number of ether oxygens (including phenoxy) is 1. The number of anilines is 1. The van der Waals surface area contributed by atoms with Crippen LogP contribution >= 0.6 is 0 Å². The molecule has 0 aliphatic carbocycles. The van der Waals surface area contributed by atoms with Crippen LogP contribution in [0.25, 0.3) is 11.1 Å². The van der Waals surface area contributed by atoms with Crippen LogP contribution in [0, 0.1) is 0 Å². The zero-order valence-electron chi connectivity index (χ0n) is 15.5. The first kappa shape index (κ1) is 18.2. The first-order valence-electron chi connectivity index (χ1n) is 8.82. The molecule has 2 heterocycles. The molecule has 0 N–H and O–H groups in total. The molecule has 1 saturated heterocycles. The normalized spacial score (nSPS) is 17.2. The van der Waals surface area contributed by atoms with E-state index in [0.717, 1.165) is 16.8 Å². The third-order valence-corrected chi connectivity index (χ3v) is 4.57. The van der Waals surface area contributed by atoms with Gasteiger partial charge < -0.3 is 19.1 Å². The Morgan fingerprint density at radius 2 is 2.00 bits per heavy atom. The van der Waals surface area contributed by atoms with Crippen LogP contribution < -0.4 is 10.5 Å². The number of hydrogen-bond donors (Lipinski definition) is 0. The number of carbonyl (C=O) groups excluding carboxylic acids is 1. The quantitative estimate of drug-likeness (QED) is 0.840. The number of aromatic nitrogens is 1. The highest BCUT2D eigenvalue weighted by molar-refractivity contribution is 5.79. The molecule has 1 amide bonds. The predicted molar refractivity (Wildman–Crippen MR) is 102 cm³/mol. The van der Waals surface area contributed by atoms with Gasteiger partial charge >= 0.3 is 0 Å². The smallest absolute Gasteiger partial charge is 0.253 e. The number of benzene rings is 1. The van der Waals surface area contributed by atoms with Gasteiger partial charge in [-0.3, -0.25) is 9.59 Å². The van der Waals surface area contributed by atoms with Crippen molar-refractivity contribution in [2.45, 2.75) is 19.6 Å². The van der Waals surface area contributed by atoms with E-state index in [0.29, 0.717) is 19.7 Å². The number of rotatable bonds is 4. The number of nitrogens with zero attached hydrogens (tertiary/aromatic N) is 3. The van der Waals surface area contributed by atoms with Crippen LogP contribution in [-0.4, -0.2) is 55.3 Å². The fourth-order valence-corrected chi connectivity index (χ4v) is 3.19. The molecular formula is C20H25N3O3. The Hall–Kier alpha value is -2.60. The largest absolute Gasteiger partial charge is 0.377 e. The lowest BCUT2D eigenvalue weighted by Gasteiger charge is -2.31. The maximum atomic E-state index is 12.6. The van der Waals surface area contributed by atoms with Gasteiger partial charge in [-0.1, -0.05) is 30.3 Å². The molecule has 1 fully saturated rings. The summed E-state index contributed by atoms with van der Waals surface area (Å²) < 4.78 is 6.98. The van der Waals surface area contributed by atoms with Crippen LogP contribution in [0.5, 0.6) is 0 Å². The lowest BCUT2D eigenvalue weighted by atomic mass is 10.1. The second kappa shape index (κ2) is 7.74. The highest BCUT2D eigenvalue weighted by Crippen LogP contribution is 2.28. The molecule has 1 atom stereocenters. The van der Waals surface area contributed by atoms with E-state index in [1.165, 1.54) is 4.57 Å². The summed E-state index contributed by atoms with van der Waals surface area (Å²) in [6.07, 6.45) is 1.81. The number of pyridine rings is 1. The fourth-order valence-electron chi connectivity index (χ4n) is 3.19. The summed E-state index contributed by atoms with van der Waals surface area (Å²) in [5.41, 5.74) is 2.60. The average molecular weight is 355 g/mol. The van der Waals surface area contributed by atoms with E-state index in [1.807, 2.05) is 56.3 Å². The van der Waals surface area contributed by atoms with Crippen LogP contribution in [0.4, 0.5) is 5.69 Å². The van der Waals surface area contributed by atoms with Gasteiger partial charge in [0.2, 0.25) is 5.91 Å². The summed E-state index contributed by atoms with van der Waals surface area (Å²) in [6.45, 7) is 3.66. The molecule has 1 unspecified atom stereocenters. The van der Waals surface area contributed by atoms with Crippen molar-refractivity contribution in [1.29, 1.82) is 0 Å². The summed E-state index contributed by atoms with van der Waals surface area (Å²) in [4.78, 5) is 28.9. The highest BCUT2D eigenvalue weighted by Gasteiger charge is 2.22. The molecule has 0 spiro atoms. The van der Waals surface area contributed by atoms with Crippen molar-refractivity contribution in [2.24, 2.45) is 0 Å². The van der Waals surface area contributed by atoms with Crippen molar-refractivity contribution in [3.05, 3.63) is 52.9 Å². The molecule has 6 nitrogen and oxygen atoms in total. The average Bonchev–Trinajstić information content (AvgIpc) is 2.63. The van der Waals surface area contributed by atoms with E-state index < -0.39 is 0 Å². The van der Waals surface area contributed by atoms with Gasteiger partial charge in [0.15, 0.2) is 0 Å². The van der Waals surface area contributed by atoms with Crippen molar-refractivity contribution < 1.29 is 9.53 Å². The van der Waals surface area contributed by atoms with Gasteiger partial charge in [0.05, 0.1) is 18.4 Å². The summed E-state index contributed by atoms with van der Waals surface area (Å²) in [5.74, 6) is -0.0566. The Labute approximate surface area is 153 Å². The van der Waals surface area contributed by atoms with E-state index >= 15 is 0 Å². The monoisotopic (exact) mass is 355 g/mol. The van der Waals surface area contributed by atoms with Gasteiger partial charge in [0.1, 0.15) is 6.54 Å². The second-order valence-electron chi connectivity index (χ2n) is 6.82. The lowest BCUT2D eigenvalue weighted by molar-refractivity contribution is -0.138. The molecule has 6 heteroatoms. The third-order valence-electron chi connectivity index (χ3n) is 4.57. The standard InChI is InChI=1S/C20H25N3O3/c1-15-12-22(9-10-26-15)20(25)14-23-13-17(16-7-5-4-6-8-16)18(21(2)3)11-19(23)24/h4-8,11,13,15H,9-10,12,14H2,1-3H3. The molecule has 0 saturated carbocycles. The number of amides is 1. The van der Waals surface area contributed by atoms with Gasteiger partial charge in [-0.2, -0.15) is 0 Å². The molecular weight excluding hydrogens is 330 g/mol. The van der Waals surface area contributed by atoms with Crippen molar-refractivity contribution >= 4 is 11.6 Å². The van der Waals surface area contributed by atoms with Gasteiger partial charge in [-0.15, -0.1) is 0 Å². The van der Waals surface area contributed by atoms with Crippen molar-refractivity contribution in [3.8, 4) is 11.1 Å². The molecule has 1 aromatic carbocycles. The molecule has 1 aliphatic heterocycles. The molecule has 1 aliphatic rings. The first-order chi connectivity index (χ1) is 12.5. The predicted octanol–water partition coefficient (Wildman–Crippen LogP) is 1.83. The summed E-state index contributed by atoms with van der Waals surface area (Å²) >= 11 is 0. The maximum absolute atomic E-state index is 12.6. The maximum Gasteiger partial charge on any atom is 0.253 e. The minimum absolute atomic E-state index is 0.0282. The van der Waals surface area contributed by atoms with Crippen LogP contribution in [0.2, 0.25) is 0 Å². The minimum atomic E-state index is -0.178. The van der Waals surface area contributed by atoms with Crippen molar-refractivity contribution in [1.82, 2.24) is 9.47 Å². The number of carbonyl (C=O) groups is 1. The SMILES string of the molecule is CC1CN(C(=O)Cn2cc(-c3ccccc3)c(N(C)C)cc2=O)CCO1. The fraction of sp³-hybridized carbons (Fsp3) is 0.400. The summed E-state index contributed by atoms with van der Waals surface area (Å²) in [7, 11) is 3.82. The van der Waals surface area contributed by atoms with Gasteiger partial charge in [0.25, 0.3) is 5.56 Å². The summed E-state index contributed by atoms with van der Waals surface area (Å²) in [5, 5.41) is 0. The topological polar surface area (TPSA) is 54.8 Å². The Balaban J connectivity index is 1.92. The Bertz CT molecular complexity index is 830. The molecule has 0 bridgehead atoms. The second-order valence-corrected chi connectivity index (χ2v) is 6.82. The van der Waals surface area contributed by atoms with E-state index in [-0.39, 0.29) is 24.1 Å². The van der Waals surface area contributed by atoms with Crippen LogP contribution in [0.3, 0.4) is 0 Å². The van der Waals surface area contributed by atoms with Crippen LogP contribution in [-0.2, 0) is 16.1 Å². The van der Waals surface area contributed by atoms with Crippen LogP contribution in [0.1, 0.15) is 6.92 Å². The van der Waals surface area contributed by atoms with E-state index in [9.17, 15) is 9.59 Å². The minimum Gasteiger partial charge on any atom is -0.377 e. The van der Waals surface area contributed by atoms with E-state index in [1.54, 1.807) is 17.2 Å². The molecule has 0 radical (unpaired) electrons. The molecule has 1 aromatic heterocycles. The molecule has 2 aromatic rings. The van der Waals surface area contributed by atoms with E-state index in [2.05, 4.69) is 0 Å². The first-order valence-corrected chi connectivity index (χ1v) is 8.82. The van der Waals surface area contributed by atoms with E-state index in [4.69, 9.17) is 4.74 Å². The zero-order valence-corrected chi connectivity index (χ0v) is 15.5. The molecule has 138 valence electrons. The van der Waals surface area contributed by atoms with Crippen molar-refractivity contribution in [3.63, 3.8) is 0 Å². The Kier molecular flexibility index (Phi) is 5.42. The molecule has 26 heavy (non-hydrogen) atoms. The third kappa shape index (κ3) is 3.96. The zero-order chi connectivity index (χ0) is 18.7. The summed E-state index contributed by atoms with van der Waals surface area (Å²) in [6, 6.07) is 11.5. The lowest BCUT2D eigenvalue weighted by Crippen LogP contribution is -2.46. The Morgan fingerprint density at radius 1 is 1.27 bits per heavy atom. The van der Waals surface area contributed by atoms with Gasteiger partial charge in [0, 0.05) is 45.0 Å². The van der Waals surface area contributed by atoms with Gasteiger partial charge in [-0.05, 0) is 12.5 Å². The van der Waals surface area contributed by atoms with Crippen molar-refractivity contribution in [2.75, 3.05) is 38.7 Å². The van der Waals surface area contributed by atoms with Gasteiger partial charge in [-0.25, -0.2) is 0 Å². The number of morpholine rings is 1. The van der Waals surface area contributed by atoms with Crippen LogP contribution in [0.15, 0.2) is 47.4 Å². The Morgan fingerprint density at radius 3 is 2.65 bits per heavy atom. The number of hydrogen-bond acceptors (Lipinski definition) is 4. The highest BCUT2D eigenvalue weighted by atomic mass is 16.5.